The van der Waals surface area contributed by atoms with Crippen molar-refractivity contribution >= 4 is 17.9 Å². The van der Waals surface area contributed by atoms with Gasteiger partial charge in [0.05, 0.1) is 0 Å². The maximum atomic E-state index is 12.9. The molecule has 0 saturated heterocycles. The molecule has 0 heterocycles. The van der Waals surface area contributed by atoms with Gasteiger partial charge in [-0.1, -0.05) is 287 Å². The lowest BCUT2D eigenvalue weighted by molar-refractivity contribution is -0.167. The van der Waals surface area contributed by atoms with Crippen molar-refractivity contribution in [3.8, 4) is 0 Å². The number of allylic oxidation sites excluding steroid dienone is 10. The number of rotatable bonds is 61. The molecule has 0 bridgehead atoms. The van der Waals surface area contributed by atoms with Gasteiger partial charge in [-0.2, -0.15) is 0 Å². The molecule has 0 aromatic carbocycles. The first kappa shape index (κ1) is 73.1. The first-order valence-electron chi connectivity index (χ1n) is 33.3. The number of ether oxygens (including phenoxy) is 3. The molecular weight excluding hydrogens is 937 g/mol. The lowest BCUT2D eigenvalue weighted by Crippen LogP contribution is -2.30. The Morgan fingerprint density at radius 3 is 0.816 bits per heavy atom. The van der Waals surface area contributed by atoms with Crippen LogP contribution in [-0.2, 0) is 28.6 Å². The van der Waals surface area contributed by atoms with E-state index in [1.165, 1.54) is 218 Å². The Morgan fingerprint density at radius 1 is 0.276 bits per heavy atom. The van der Waals surface area contributed by atoms with Crippen LogP contribution in [0, 0.1) is 0 Å². The van der Waals surface area contributed by atoms with E-state index >= 15 is 0 Å². The minimum Gasteiger partial charge on any atom is -0.462 e. The fourth-order valence-electron chi connectivity index (χ4n) is 9.74. The molecule has 6 heteroatoms. The van der Waals surface area contributed by atoms with E-state index in [1.807, 2.05) is 0 Å². The molecule has 0 rings (SSSR count). The molecule has 0 fully saturated rings. The topological polar surface area (TPSA) is 78.9 Å². The quantitative estimate of drug-likeness (QED) is 0.0261. The third-order valence-electron chi connectivity index (χ3n) is 14.7. The number of carbonyl (C=O) groups excluding carboxylic acids is 3. The second-order valence-corrected chi connectivity index (χ2v) is 22.3. The molecule has 0 aliphatic carbocycles. The minimum absolute atomic E-state index is 0.0787. The molecule has 0 saturated carbocycles. The van der Waals surface area contributed by atoms with Gasteiger partial charge in [0, 0.05) is 19.3 Å². The molecule has 0 aromatic heterocycles. The Hall–Kier alpha value is -2.89. The van der Waals surface area contributed by atoms with Crippen molar-refractivity contribution in [3.63, 3.8) is 0 Å². The van der Waals surface area contributed by atoms with Crippen LogP contribution >= 0.6 is 0 Å². The number of carbonyl (C=O) groups is 3. The molecule has 0 aliphatic heterocycles. The average Bonchev–Trinajstić information content (AvgIpc) is 3.42. The number of hydrogen-bond acceptors (Lipinski definition) is 6. The summed E-state index contributed by atoms with van der Waals surface area (Å²) in [5, 5.41) is 0. The van der Waals surface area contributed by atoms with Crippen molar-refractivity contribution in [1.29, 1.82) is 0 Å². The van der Waals surface area contributed by atoms with Gasteiger partial charge in [0.2, 0.25) is 0 Å². The molecule has 1 atom stereocenters. The number of unbranched alkanes of at least 4 members (excludes halogenated alkanes) is 40. The van der Waals surface area contributed by atoms with Gasteiger partial charge in [0.15, 0.2) is 6.10 Å². The van der Waals surface area contributed by atoms with Crippen molar-refractivity contribution in [3.05, 3.63) is 60.8 Å². The largest absolute Gasteiger partial charge is 0.462 e. The summed E-state index contributed by atoms with van der Waals surface area (Å²) in [6.45, 7) is 6.56. The summed E-state index contributed by atoms with van der Waals surface area (Å²) < 4.78 is 16.9. The van der Waals surface area contributed by atoms with E-state index in [0.717, 1.165) is 89.9 Å². The Balaban J connectivity index is 4.30. The number of esters is 3. The highest BCUT2D eigenvalue weighted by atomic mass is 16.6. The smallest absolute Gasteiger partial charge is 0.306 e. The molecule has 0 radical (unpaired) electrons. The monoisotopic (exact) mass is 1060 g/mol. The van der Waals surface area contributed by atoms with Gasteiger partial charge >= 0.3 is 17.9 Å². The molecule has 0 amide bonds. The van der Waals surface area contributed by atoms with E-state index in [1.54, 1.807) is 0 Å². The van der Waals surface area contributed by atoms with E-state index in [0.29, 0.717) is 19.3 Å². The van der Waals surface area contributed by atoms with Gasteiger partial charge in [-0.3, -0.25) is 14.4 Å². The summed E-state index contributed by atoms with van der Waals surface area (Å²) >= 11 is 0. The molecular formula is C70H126O6. The first-order valence-corrected chi connectivity index (χ1v) is 33.3. The van der Waals surface area contributed by atoms with Crippen LogP contribution in [0.5, 0.6) is 0 Å². The van der Waals surface area contributed by atoms with Gasteiger partial charge in [0.25, 0.3) is 0 Å². The van der Waals surface area contributed by atoms with Gasteiger partial charge in [-0.25, -0.2) is 0 Å². The van der Waals surface area contributed by atoms with Crippen molar-refractivity contribution in [2.24, 2.45) is 0 Å². The fraction of sp³-hybridized carbons (Fsp3) is 0.814. The Morgan fingerprint density at radius 2 is 0.513 bits per heavy atom. The van der Waals surface area contributed by atoms with Crippen LogP contribution in [0.2, 0.25) is 0 Å². The van der Waals surface area contributed by atoms with Crippen molar-refractivity contribution in [1.82, 2.24) is 0 Å². The summed E-state index contributed by atoms with van der Waals surface area (Å²) in [7, 11) is 0. The number of hydrogen-bond donors (Lipinski definition) is 0. The lowest BCUT2D eigenvalue weighted by Gasteiger charge is -2.18. The average molecular weight is 1060 g/mol. The van der Waals surface area contributed by atoms with Crippen molar-refractivity contribution in [2.75, 3.05) is 13.2 Å². The SMILES string of the molecule is CC/C=C\C/C=C\C/C=C\CCCCCCCCCC(=O)OC(COC(=O)CCCCCCC/C=C\CCCCCCCCC)COC(=O)CCCCCCCCCCCCCCC/C=C\CCCCCCCCCC. The minimum atomic E-state index is -0.784. The third kappa shape index (κ3) is 62.0. The lowest BCUT2D eigenvalue weighted by atomic mass is 10.0. The third-order valence-corrected chi connectivity index (χ3v) is 14.7. The maximum absolute atomic E-state index is 12.9. The summed E-state index contributed by atoms with van der Waals surface area (Å²) in [5.41, 5.74) is 0. The molecule has 6 nitrogen and oxygen atoms in total. The van der Waals surface area contributed by atoms with E-state index in [2.05, 4.69) is 81.5 Å². The highest BCUT2D eigenvalue weighted by molar-refractivity contribution is 5.71. The Bertz CT molecular complexity index is 1360. The zero-order valence-corrected chi connectivity index (χ0v) is 50.8. The van der Waals surface area contributed by atoms with Crippen LogP contribution in [0.4, 0.5) is 0 Å². The predicted octanol–water partition coefficient (Wildman–Crippen LogP) is 22.7. The van der Waals surface area contributed by atoms with Crippen LogP contribution in [0.3, 0.4) is 0 Å². The van der Waals surface area contributed by atoms with Gasteiger partial charge in [-0.05, 0) is 103 Å². The zero-order valence-electron chi connectivity index (χ0n) is 50.8. The van der Waals surface area contributed by atoms with Gasteiger partial charge in [-0.15, -0.1) is 0 Å². The summed E-state index contributed by atoms with van der Waals surface area (Å²) in [5.74, 6) is -0.879. The molecule has 0 N–H and O–H groups in total. The summed E-state index contributed by atoms with van der Waals surface area (Å²) in [6, 6.07) is 0. The second-order valence-electron chi connectivity index (χ2n) is 22.3. The predicted molar refractivity (Wildman–Crippen MR) is 330 cm³/mol. The summed E-state index contributed by atoms with van der Waals surface area (Å²) in [4.78, 5) is 38.4. The molecule has 1 unspecified atom stereocenters. The zero-order chi connectivity index (χ0) is 55.0. The first-order chi connectivity index (χ1) is 37.5. The van der Waals surface area contributed by atoms with Crippen LogP contribution < -0.4 is 0 Å². The van der Waals surface area contributed by atoms with Crippen molar-refractivity contribution < 1.29 is 28.6 Å². The molecule has 76 heavy (non-hydrogen) atoms. The Labute approximate surface area is 472 Å². The van der Waals surface area contributed by atoms with E-state index in [-0.39, 0.29) is 31.1 Å². The van der Waals surface area contributed by atoms with E-state index in [4.69, 9.17) is 14.2 Å². The highest BCUT2D eigenvalue weighted by Crippen LogP contribution is 2.17. The highest BCUT2D eigenvalue weighted by Gasteiger charge is 2.19. The van der Waals surface area contributed by atoms with Crippen molar-refractivity contribution in [2.45, 2.75) is 354 Å². The molecule has 0 aliphatic rings. The van der Waals surface area contributed by atoms with Crippen LogP contribution in [0.15, 0.2) is 60.8 Å². The van der Waals surface area contributed by atoms with Gasteiger partial charge < -0.3 is 14.2 Å². The van der Waals surface area contributed by atoms with Crippen LogP contribution in [-0.4, -0.2) is 37.2 Å². The molecule has 0 spiro atoms. The molecule has 0 aromatic rings. The van der Waals surface area contributed by atoms with Crippen LogP contribution in [0.1, 0.15) is 348 Å². The van der Waals surface area contributed by atoms with Crippen LogP contribution in [0.25, 0.3) is 0 Å². The molecule has 442 valence electrons. The second kappa shape index (κ2) is 64.6. The fourth-order valence-corrected chi connectivity index (χ4v) is 9.74. The maximum Gasteiger partial charge on any atom is 0.306 e. The van der Waals surface area contributed by atoms with E-state index in [9.17, 15) is 14.4 Å². The normalized spacial score (nSPS) is 12.4. The van der Waals surface area contributed by atoms with E-state index < -0.39 is 6.10 Å². The van der Waals surface area contributed by atoms with Gasteiger partial charge in [0.1, 0.15) is 13.2 Å². The Kier molecular flexibility index (Phi) is 62.2. The standard InChI is InChI=1S/C70H126O6/c1-4-7-10-13-16-19-22-25-28-31-32-33-34-35-36-37-38-40-42-45-48-51-54-57-60-63-69(72)75-66-67(65-74-68(71)62-59-56-53-50-47-44-41-30-27-24-21-18-15-12-9-6-3)76-70(73)64-61-58-55-52-49-46-43-39-29-26-23-20-17-14-11-8-5-2/h8,11,17,20,26,29-32,41,67H,4-7,9-10,12-16,18-19,21-25,27-28,33-40,42-66H2,1-3H3/b11-8-,20-17-,29-26-,32-31-,41-30-. The summed E-state index contributed by atoms with van der Waals surface area (Å²) in [6.07, 6.45) is 82.3.